The van der Waals surface area contributed by atoms with Crippen molar-refractivity contribution in [2.75, 3.05) is 13.2 Å². The highest BCUT2D eigenvalue weighted by Gasteiger charge is 2.10. The maximum atomic E-state index is 11.7. The molecule has 0 aromatic rings. The Balaban J connectivity index is 3.53. The molecule has 0 saturated carbocycles. The topological polar surface area (TPSA) is 52.6 Å². The van der Waals surface area contributed by atoms with E-state index in [1.54, 1.807) is 0 Å². The van der Waals surface area contributed by atoms with Crippen LogP contribution in [-0.4, -0.2) is 25.2 Å². The second kappa shape index (κ2) is 17.8. The predicted octanol–water partition coefficient (Wildman–Crippen LogP) is 5.82. The average molecular weight is 357 g/mol. The van der Waals surface area contributed by atoms with E-state index in [1.165, 1.54) is 32.1 Å². The summed E-state index contributed by atoms with van der Waals surface area (Å²) in [6.07, 6.45) is 12.5. The van der Waals surface area contributed by atoms with Gasteiger partial charge in [0, 0.05) is 12.8 Å². The van der Waals surface area contributed by atoms with Crippen molar-refractivity contribution in [1.82, 2.24) is 0 Å². The Morgan fingerprint density at radius 3 is 1.92 bits per heavy atom. The fourth-order valence-corrected chi connectivity index (χ4v) is 2.68. The van der Waals surface area contributed by atoms with E-state index in [1.807, 2.05) is 0 Å². The van der Waals surface area contributed by atoms with Crippen molar-refractivity contribution >= 4 is 11.9 Å². The third-order valence-electron chi connectivity index (χ3n) is 4.55. The summed E-state index contributed by atoms with van der Waals surface area (Å²) in [5, 5.41) is 0. The van der Waals surface area contributed by atoms with Crippen molar-refractivity contribution in [3.8, 4) is 0 Å². The minimum absolute atomic E-state index is 0.140. The summed E-state index contributed by atoms with van der Waals surface area (Å²) >= 11 is 0. The van der Waals surface area contributed by atoms with Gasteiger partial charge in [-0.25, -0.2) is 0 Å². The molecule has 0 spiro atoms. The highest BCUT2D eigenvalue weighted by Crippen LogP contribution is 2.13. The Hall–Kier alpha value is -1.06. The van der Waals surface area contributed by atoms with Crippen LogP contribution in [0.1, 0.15) is 104 Å². The lowest BCUT2D eigenvalue weighted by atomic mass is 10.0. The Bertz CT molecular complexity index is 328. The SMILES string of the molecule is CCCCCCCOC(=O)CCCCC(=O)OCC(CC)CCCC. The molecular weight excluding hydrogens is 316 g/mol. The highest BCUT2D eigenvalue weighted by atomic mass is 16.5. The second-order valence-electron chi connectivity index (χ2n) is 6.94. The Morgan fingerprint density at radius 2 is 1.32 bits per heavy atom. The van der Waals surface area contributed by atoms with Crippen LogP contribution in [0.15, 0.2) is 0 Å². The van der Waals surface area contributed by atoms with Crippen molar-refractivity contribution in [2.24, 2.45) is 5.92 Å². The highest BCUT2D eigenvalue weighted by molar-refractivity contribution is 5.70. The van der Waals surface area contributed by atoms with E-state index < -0.39 is 0 Å². The normalized spacial score (nSPS) is 12.0. The average Bonchev–Trinajstić information content (AvgIpc) is 2.62. The summed E-state index contributed by atoms with van der Waals surface area (Å²) in [6.45, 7) is 7.57. The van der Waals surface area contributed by atoms with Gasteiger partial charge in [-0.1, -0.05) is 65.7 Å². The number of hydrogen-bond acceptors (Lipinski definition) is 4. The fraction of sp³-hybridized carbons (Fsp3) is 0.905. The number of hydrogen-bond donors (Lipinski definition) is 0. The molecule has 0 aromatic heterocycles. The van der Waals surface area contributed by atoms with Gasteiger partial charge in [-0.05, 0) is 31.6 Å². The quantitative estimate of drug-likeness (QED) is 0.243. The van der Waals surface area contributed by atoms with Crippen molar-refractivity contribution in [3.63, 3.8) is 0 Å². The zero-order chi connectivity index (χ0) is 18.8. The van der Waals surface area contributed by atoms with Crippen LogP contribution in [0.25, 0.3) is 0 Å². The molecule has 25 heavy (non-hydrogen) atoms. The molecule has 0 saturated heterocycles. The predicted molar refractivity (Wildman–Crippen MR) is 102 cm³/mol. The van der Waals surface area contributed by atoms with Gasteiger partial charge in [0.05, 0.1) is 13.2 Å². The van der Waals surface area contributed by atoms with E-state index in [9.17, 15) is 9.59 Å². The lowest BCUT2D eigenvalue weighted by Gasteiger charge is -2.14. The fourth-order valence-electron chi connectivity index (χ4n) is 2.68. The number of ether oxygens (including phenoxy) is 2. The van der Waals surface area contributed by atoms with Gasteiger partial charge in [-0.2, -0.15) is 0 Å². The molecular formula is C21H40O4. The first kappa shape index (κ1) is 23.9. The van der Waals surface area contributed by atoms with Crippen molar-refractivity contribution in [2.45, 2.75) is 104 Å². The number of esters is 2. The molecule has 0 fully saturated rings. The van der Waals surface area contributed by atoms with Gasteiger partial charge in [0.15, 0.2) is 0 Å². The van der Waals surface area contributed by atoms with E-state index in [0.717, 1.165) is 25.7 Å². The molecule has 0 radical (unpaired) electrons. The third kappa shape index (κ3) is 16.2. The molecule has 148 valence electrons. The molecule has 0 aliphatic heterocycles. The Morgan fingerprint density at radius 1 is 0.720 bits per heavy atom. The van der Waals surface area contributed by atoms with Gasteiger partial charge in [0.1, 0.15) is 0 Å². The summed E-state index contributed by atoms with van der Waals surface area (Å²) in [5.41, 5.74) is 0. The minimum Gasteiger partial charge on any atom is -0.466 e. The van der Waals surface area contributed by atoms with E-state index in [2.05, 4.69) is 20.8 Å². The van der Waals surface area contributed by atoms with Crippen molar-refractivity contribution in [3.05, 3.63) is 0 Å². The number of rotatable bonds is 17. The van der Waals surface area contributed by atoms with Crippen LogP contribution in [0.4, 0.5) is 0 Å². The van der Waals surface area contributed by atoms with Crippen molar-refractivity contribution in [1.29, 1.82) is 0 Å². The second-order valence-corrected chi connectivity index (χ2v) is 6.94. The van der Waals surface area contributed by atoms with E-state index in [0.29, 0.717) is 44.8 Å². The van der Waals surface area contributed by atoms with Crippen LogP contribution >= 0.6 is 0 Å². The molecule has 0 bridgehead atoms. The Kier molecular flexibility index (Phi) is 17.0. The zero-order valence-electron chi connectivity index (χ0n) is 16.8. The molecule has 4 nitrogen and oxygen atoms in total. The van der Waals surface area contributed by atoms with Gasteiger partial charge < -0.3 is 9.47 Å². The molecule has 4 heteroatoms. The van der Waals surface area contributed by atoms with Crippen molar-refractivity contribution < 1.29 is 19.1 Å². The number of carbonyl (C=O) groups excluding carboxylic acids is 2. The summed E-state index contributed by atoms with van der Waals surface area (Å²) in [5.74, 6) is 0.199. The first-order valence-corrected chi connectivity index (χ1v) is 10.4. The van der Waals surface area contributed by atoms with Gasteiger partial charge in [-0.15, -0.1) is 0 Å². The molecule has 1 atom stereocenters. The zero-order valence-corrected chi connectivity index (χ0v) is 16.8. The van der Waals surface area contributed by atoms with Crippen LogP contribution in [0, 0.1) is 5.92 Å². The van der Waals surface area contributed by atoms with Crippen LogP contribution in [0.5, 0.6) is 0 Å². The van der Waals surface area contributed by atoms with Gasteiger partial charge >= 0.3 is 11.9 Å². The summed E-state index contributed by atoms with van der Waals surface area (Å²) in [4.78, 5) is 23.3. The molecule has 1 unspecified atom stereocenters. The minimum atomic E-state index is -0.144. The molecule has 0 N–H and O–H groups in total. The summed E-state index contributed by atoms with van der Waals surface area (Å²) in [7, 11) is 0. The first-order chi connectivity index (χ1) is 12.1. The Labute approximate surface area is 155 Å². The maximum Gasteiger partial charge on any atom is 0.305 e. The van der Waals surface area contributed by atoms with E-state index >= 15 is 0 Å². The summed E-state index contributed by atoms with van der Waals surface area (Å²) in [6, 6.07) is 0. The maximum absolute atomic E-state index is 11.7. The molecule has 0 amide bonds. The molecule has 0 aromatic carbocycles. The molecule has 0 heterocycles. The van der Waals surface area contributed by atoms with E-state index in [4.69, 9.17) is 9.47 Å². The first-order valence-electron chi connectivity index (χ1n) is 10.4. The number of carbonyl (C=O) groups is 2. The molecule has 0 aliphatic carbocycles. The summed E-state index contributed by atoms with van der Waals surface area (Å²) < 4.78 is 10.6. The standard InChI is InChI=1S/C21H40O4/c1-4-7-9-10-13-17-24-20(22)15-11-12-16-21(23)25-18-19(6-3)14-8-5-2/h19H,4-18H2,1-3H3. The van der Waals surface area contributed by atoms with Gasteiger partial charge in [0.2, 0.25) is 0 Å². The number of unbranched alkanes of at least 4 members (excludes halogenated alkanes) is 6. The lowest BCUT2D eigenvalue weighted by Crippen LogP contribution is -2.14. The molecule has 0 aliphatic rings. The van der Waals surface area contributed by atoms with Gasteiger partial charge in [0.25, 0.3) is 0 Å². The van der Waals surface area contributed by atoms with Crippen LogP contribution < -0.4 is 0 Å². The molecule has 0 rings (SSSR count). The lowest BCUT2D eigenvalue weighted by molar-refractivity contribution is -0.146. The van der Waals surface area contributed by atoms with E-state index in [-0.39, 0.29) is 11.9 Å². The van der Waals surface area contributed by atoms with Crippen LogP contribution in [0.2, 0.25) is 0 Å². The van der Waals surface area contributed by atoms with Gasteiger partial charge in [-0.3, -0.25) is 9.59 Å². The third-order valence-corrected chi connectivity index (χ3v) is 4.55. The van der Waals surface area contributed by atoms with Crippen LogP contribution in [0.3, 0.4) is 0 Å². The largest absolute Gasteiger partial charge is 0.466 e. The smallest absolute Gasteiger partial charge is 0.305 e. The monoisotopic (exact) mass is 356 g/mol. The van der Waals surface area contributed by atoms with Crippen LogP contribution in [-0.2, 0) is 19.1 Å².